The Morgan fingerprint density at radius 1 is 1.10 bits per heavy atom. The zero-order chi connectivity index (χ0) is 20.6. The molecule has 0 spiro atoms. The van der Waals surface area contributed by atoms with E-state index in [2.05, 4.69) is 25.4 Å². The molecule has 0 saturated carbocycles. The number of aromatic amines is 1. The minimum Gasteiger partial charge on any atom is -0.368 e. The number of hydrogen-bond acceptors (Lipinski definition) is 6. The van der Waals surface area contributed by atoms with Gasteiger partial charge in [-0.25, -0.2) is 9.97 Å². The molecule has 0 aliphatic rings. The normalized spacial score (nSPS) is 12.8. The van der Waals surface area contributed by atoms with Crippen LogP contribution in [-0.4, -0.2) is 29.7 Å². The van der Waals surface area contributed by atoms with Gasteiger partial charge in [-0.1, -0.05) is 18.2 Å². The van der Waals surface area contributed by atoms with Gasteiger partial charge in [0.15, 0.2) is 17.7 Å². The second-order valence-corrected chi connectivity index (χ2v) is 6.06. The van der Waals surface area contributed by atoms with Crippen molar-refractivity contribution < 1.29 is 18.3 Å². The van der Waals surface area contributed by atoms with Gasteiger partial charge in [0, 0.05) is 11.8 Å². The number of nitrogens with one attached hydrogen (secondary N) is 2. The first kappa shape index (κ1) is 18.6. The lowest BCUT2D eigenvalue weighted by atomic mass is 10.0. The molecule has 4 rings (SSSR count). The molecule has 3 aromatic heterocycles. The fourth-order valence-corrected chi connectivity index (χ4v) is 2.79. The fraction of sp³-hybridized carbons (Fsp3) is 0.111. The number of aliphatic hydroxyl groups is 1. The van der Waals surface area contributed by atoms with Crippen LogP contribution in [0.1, 0.15) is 17.5 Å². The van der Waals surface area contributed by atoms with Crippen molar-refractivity contribution in [3.05, 3.63) is 76.6 Å². The predicted molar refractivity (Wildman–Crippen MR) is 96.9 cm³/mol. The number of alkyl halides is 3. The molecule has 0 fully saturated rings. The molecule has 4 aromatic rings. The van der Waals surface area contributed by atoms with Gasteiger partial charge in [0.05, 0.1) is 23.7 Å². The van der Waals surface area contributed by atoms with Crippen molar-refractivity contribution in [1.29, 1.82) is 0 Å². The first-order valence-electron chi connectivity index (χ1n) is 8.33. The van der Waals surface area contributed by atoms with Crippen LogP contribution >= 0.6 is 0 Å². The molecule has 0 bridgehead atoms. The van der Waals surface area contributed by atoms with Gasteiger partial charge in [0.25, 0.3) is 5.56 Å². The number of aliphatic hydroxyl groups excluding tert-OH is 1. The van der Waals surface area contributed by atoms with Crippen LogP contribution in [0.3, 0.4) is 0 Å². The third-order valence-corrected chi connectivity index (χ3v) is 4.13. The van der Waals surface area contributed by atoms with E-state index in [9.17, 15) is 23.1 Å². The second kappa shape index (κ2) is 7.02. The van der Waals surface area contributed by atoms with Crippen molar-refractivity contribution in [2.24, 2.45) is 0 Å². The summed E-state index contributed by atoms with van der Waals surface area (Å²) < 4.78 is 41.3. The highest BCUT2D eigenvalue weighted by atomic mass is 19.4. The number of halogens is 3. The van der Waals surface area contributed by atoms with Crippen molar-refractivity contribution in [3.8, 4) is 11.3 Å². The summed E-state index contributed by atoms with van der Waals surface area (Å²) in [4.78, 5) is 21.4. The summed E-state index contributed by atoms with van der Waals surface area (Å²) in [6.45, 7) is 0. The Morgan fingerprint density at radius 3 is 2.62 bits per heavy atom. The van der Waals surface area contributed by atoms with E-state index in [1.54, 1.807) is 0 Å². The van der Waals surface area contributed by atoms with Crippen molar-refractivity contribution >= 4 is 11.5 Å². The highest BCUT2D eigenvalue weighted by Crippen LogP contribution is 2.36. The Hall–Kier alpha value is -3.73. The Bertz CT molecular complexity index is 1210. The lowest BCUT2D eigenvalue weighted by Gasteiger charge is -2.14. The van der Waals surface area contributed by atoms with Gasteiger partial charge in [-0.05, 0) is 18.2 Å². The van der Waals surface area contributed by atoms with E-state index in [-0.39, 0.29) is 22.8 Å². The number of imidazole rings is 1. The predicted octanol–water partition coefficient (Wildman–Crippen LogP) is 2.60. The van der Waals surface area contributed by atoms with Crippen molar-refractivity contribution in [2.75, 3.05) is 5.32 Å². The van der Waals surface area contributed by atoms with Gasteiger partial charge in [0.2, 0.25) is 0 Å². The molecule has 0 aliphatic carbocycles. The molecule has 29 heavy (non-hydrogen) atoms. The average Bonchev–Trinajstić information content (AvgIpc) is 3.10. The summed E-state index contributed by atoms with van der Waals surface area (Å²) in [5.41, 5.74) is -0.725. The van der Waals surface area contributed by atoms with Gasteiger partial charge in [-0.3, -0.25) is 4.79 Å². The SMILES string of the molecule is O=c1cnc(C(O)Nc2cnc3ccc(-c4ccccc4C(F)(F)F)nn23)c[nH]1. The maximum atomic E-state index is 13.3. The zero-order valence-corrected chi connectivity index (χ0v) is 14.6. The van der Waals surface area contributed by atoms with E-state index in [0.29, 0.717) is 5.65 Å². The van der Waals surface area contributed by atoms with Crippen molar-refractivity contribution in [2.45, 2.75) is 12.4 Å². The zero-order valence-electron chi connectivity index (χ0n) is 14.6. The first-order chi connectivity index (χ1) is 13.8. The van der Waals surface area contributed by atoms with Crippen molar-refractivity contribution in [3.63, 3.8) is 0 Å². The van der Waals surface area contributed by atoms with E-state index in [1.165, 1.54) is 47.2 Å². The minimum absolute atomic E-state index is 0.0793. The van der Waals surface area contributed by atoms with Crippen LogP contribution in [0.25, 0.3) is 16.9 Å². The summed E-state index contributed by atoms with van der Waals surface area (Å²) in [7, 11) is 0. The maximum Gasteiger partial charge on any atom is 0.417 e. The molecule has 3 N–H and O–H groups in total. The largest absolute Gasteiger partial charge is 0.417 e. The topological polar surface area (TPSA) is 108 Å². The molecule has 0 aliphatic heterocycles. The molecule has 8 nitrogen and oxygen atoms in total. The fourth-order valence-electron chi connectivity index (χ4n) is 2.79. The highest BCUT2D eigenvalue weighted by molar-refractivity contribution is 5.66. The quantitative estimate of drug-likeness (QED) is 0.453. The smallest absolute Gasteiger partial charge is 0.368 e. The monoisotopic (exact) mass is 402 g/mol. The Morgan fingerprint density at radius 2 is 1.90 bits per heavy atom. The number of hydrogen-bond donors (Lipinski definition) is 3. The van der Waals surface area contributed by atoms with Gasteiger partial charge >= 0.3 is 6.18 Å². The van der Waals surface area contributed by atoms with Crippen LogP contribution in [0.4, 0.5) is 19.0 Å². The van der Waals surface area contributed by atoms with E-state index in [0.717, 1.165) is 12.3 Å². The van der Waals surface area contributed by atoms with Gasteiger partial charge in [0.1, 0.15) is 5.69 Å². The summed E-state index contributed by atoms with van der Waals surface area (Å²) >= 11 is 0. The number of rotatable bonds is 4. The van der Waals surface area contributed by atoms with Crippen LogP contribution in [0.15, 0.2) is 59.8 Å². The van der Waals surface area contributed by atoms with E-state index in [1.807, 2.05) is 0 Å². The summed E-state index contributed by atoms with van der Waals surface area (Å²) in [6, 6.07) is 8.08. The molecule has 1 unspecified atom stereocenters. The van der Waals surface area contributed by atoms with Gasteiger partial charge < -0.3 is 15.4 Å². The highest BCUT2D eigenvalue weighted by Gasteiger charge is 2.33. The number of benzene rings is 1. The number of aromatic nitrogens is 5. The molecule has 0 amide bonds. The van der Waals surface area contributed by atoms with Crippen molar-refractivity contribution in [1.82, 2.24) is 24.6 Å². The van der Waals surface area contributed by atoms with Crippen LogP contribution in [0, 0.1) is 0 Å². The Kier molecular flexibility index (Phi) is 4.51. The number of fused-ring (bicyclic) bond motifs is 1. The molecule has 11 heteroatoms. The molecule has 148 valence electrons. The van der Waals surface area contributed by atoms with E-state index in [4.69, 9.17) is 0 Å². The minimum atomic E-state index is -4.53. The number of anilines is 1. The Labute approximate surface area is 160 Å². The van der Waals surface area contributed by atoms with Crippen LogP contribution in [0.5, 0.6) is 0 Å². The van der Waals surface area contributed by atoms with E-state index >= 15 is 0 Å². The van der Waals surface area contributed by atoms with Crippen LogP contribution in [-0.2, 0) is 6.18 Å². The third kappa shape index (κ3) is 3.67. The summed E-state index contributed by atoms with van der Waals surface area (Å²) in [5, 5.41) is 17.2. The first-order valence-corrected chi connectivity index (χ1v) is 8.33. The molecule has 0 saturated heterocycles. The maximum absolute atomic E-state index is 13.3. The third-order valence-electron chi connectivity index (χ3n) is 4.13. The summed E-state index contributed by atoms with van der Waals surface area (Å²) in [6.07, 6.45) is -2.22. The van der Waals surface area contributed by atoms with Crippen LogP contribution in [0.2, 0.25) is 0 Å². The van der Waals surface area contributed by atoms with Gasteiger partial charge in [-0.15, -0.1) is 0 Å². The molecular formula is C18H13F3N6O2. The lowest BCUT2D eigenvalue weighted by Crippen LogP contribution is -2.16. The van der Waals surface area contributed by atoms with E-state index < -0.39 is 23.5 Å². The van der Waals surface area contributed by atoms with Gasteiger partial charge in [-0.2, -0.15) is 22.8 Å². The second-order valence-electron chi connectivity index (χ2n) is 6.06. The number of H-pyrrole nitrogens is 1. The molecule has 1 aromatic carbocycles. The molecule has 0 radical (unpaired) electrons. The number of nitrogens with zero attached hydrogens (tertiary/aromatic N) is 4. The Balaban J connectivity index is 1.72. The van der Waals surface area contributed by atoms with Crippen LogP contribution < -0.4 is 10.9 Å². The standard InChI is InChI=1S/C18H13F3N6O2/c19-18(20,21)11-4-2-1-3-10(11)12-5-6-14-23-8-15(27(14)26-12)25-17(29)13-7-24-16(28)9-22-13/h1-9,17,25,29H,(H,24,28). The molecular weight excluding hydrogens is 389 g/mol. The summed E-state index contributed by atoms with van der Waals surface area (Å²) in [5.74, 6) is 0.229. The molecule has 3 heterocycles. The average molecular weight is 402 g/mol. The molecule has 1 atom stereocenters. The lowest BCUT2D eigenvalue weighted by molar-refractivity contribution is -0.137.